The molecule has 9 heteroatoms. The van der Waals surface area contributed by atoms with Crippen LogP contribution in [0.25, 0.3) is 0 Å². The highest BCUT2D eigenvalue weighted by Crippen LogP contribution is 2.10. The Kier molecular flexibility index (Phi) is 8.31. The van der Waals surface area contributed by atoms with E-state index in [0.717, 1.165) is 18.7 Å². The van der Waals surface area contributed by atoms with Crippen molar-refractivity contribution in [2.75, 3.05) is 33.9 Å². The summed E-state index contributed by atoms with van der Waals surface area (Å²) >= 11 is 0. The molecule has 0 aliphatic heterocycles. The zero-order chi connectivity index (χ0) is 19.5. The summed E-state index contributed by atoms with van der Waals surface area (Å²) in [5.74, 6) is 0.695. The molecule has 1 heterocycles. The molecule has 148 valence electrons. The minimum absolute atomic E-state index is 0.233. The average molecular weight is 394 g/mol. The van der Waals surface area contributed by atoms with Crippen LogP contribution in [0.1, 0.15) is 5.56 Å². The molecule has 1 aromatic heterocycles. The summed E-state index contributed by atoms with van der Waals surface area (Å²) < 4.78 is 33.7. The lowest BCUT2D eigenvalue weighted by atomic mass is 10.2. The fraction of sp³-hybridized carbons (Fsp3) is 0.389. The molecule has 0 bridgehead atoms. The van der Waals surface area contributed by atoms with Crippen molar-refractivity contribution in [3.05, 3.63) is 54.4 Å². The predicted octanol–water partition coefficient (Wildman–Crippen LogP) is 0.778. The molecule has 0 unspecified atom stereocenters. The van der Waals surface area contributed by atoms with Gasteiger partial charge in [-0.15, -0.1) is 0 Å². The number of aliphatic imine (C=N–C) groups is 1. The molecule has 0 spiro atoms. The fourth-order valence-corrected chi connectivity index (χ4v) is 3.39. The Morgan fingerprint density at radius 1 is 1.11 bits per heavy atom. The molecular weight excluding hydrogens is 366 g/mol. The van der Waals surface area contributed by atoms with Crippen molar-refractivity contribution in [2.24, 2.45) is 4.99 Å². The smallest absolute Gasteiger partial charge is 0.240 e. The number of nitrogens with zero attached hydrogens (tertiary/aromatic N) is 2. The van der Waals surface area contributed by atoms with E-state index in [-0.39, 0.29) is 11.4 Å². The summed E-state index contributed by atoms with van der Waals surface area (Å²) in [5.41, 5.74) is 0.958. The van der Waals surface area contributed by atoms with E-state index in [1.54, 1.807) is 31.3 Å². The molecule has 0 aliphatic rings. The fourth-order valence-electron chi connectivity index (χ4n) is 2.38. The first-order valence-corrected chi connectivity index (χ1v) is 10.2. The first kappa shape index (κ1) is 20.9. The molecule has 0 saturated carbocycles. The summed E-state index contributed by atoms with van der Waals surface area (Å²) in [6, 6.07) is 10.7. The van der Waals surface area contributed by atoms with Gasteiger partial charge in [-0.3, -0.25) is 4.99 Å². The van der Waals surface area contributed by atoms with Crippen molar-refractivity contribution in [1.29, 1.82) is 0 Å². The lowest BCUT2D eigenvalue weighted by Gasteiger charge is -2.13. The number of hydrogen-bond donors (Lipinski definition) is 3. The Bertz CT molecular complexity index is 802. The SMILES string of the molecule is CN=C(NCCn1cccc1)NCc1ccc(S(=O)(=O)NCCOC)cc1. The van der Waals surface area contributed by atoms with E-state index >= 15 is 0 Å². The number of sulfonamides is 1. The van der Waals surface area contributed by atoms with E-state index in [1.165, 1.54) is 7.11 Å². The van der Waals surface area contributed by atoms with E-state index in [0.29, 0.717) is 19.1 Å². The van der Waals surface area contributed by atoms with Gasteiger partial charge >= 0.3 is 0 Å². The molecule has 0 saturated heterocycles. The van der Waals surface area contributed by atoms with E-state index < -0.39 is 10.0 Å². The minimum Gasteiger partial charge on any atom is -0.383 e. The number of aromatic nitrogens is 1. The van der Waals surface area contributed by atoms with E-state index in [1.807, 2.05) is 24.5 Å². The molecule has 0 aliphatic carbocycles. The van der Waals surface area contributed by atoms with Crippen molar-refractivity contribution in [3.63, 3.8) is 0 Å². The van der Waals surface area contributed by atoms with E-state index in [4.69, 9.17) is 4.74 Å². The third kappa shape index (κ3) is 7.05. The van der Waals surface area contributed by atoms with Crippen LogP contribution in [0.3, 0.4) is 0 Å². The molecular formula is C18H27N5O3S. The monoisotopic (exact) mass is 393 g/mol. The van der Waals surface area contributed by atoms with Crippen LogP contribution < -0.4 is 15.4 Å². The Labute approximate surface area is 160 Å². The number of guanidine groups is 1. The quantitative estimate of drug-likeness (QED) is 0.315. The highest BCUT2D eigenvalue weighted by molar-refractivity contribution is 7.89. The standard InChI is InChI=1S/C18H27N5O3S/c1-19-18(20-9-13-23-11-3-4-12-23)21-15-16-5-7-17(8-6-16)27(24,25)22-10-14-26-2/h3-8,11-12,22H,9-10,13-15H2,1-2H3,(H2,19,20,21). The van der Waals surface area contributed by atoms with Crippen molar-refractivity contribution in [2.45, 2.75) is 18.0 Å². The van der Waals surface area contributed by atoms with Gasteiger partial charge in [-0.2, -0.15) is 0 Å². The predicted molar refractivity (Wildman–Crippen MR) is 106 cm³/mol. The largest absolute Gasteiger partial charge is 0.383 e. The molecule has 3 N–H and O–H groups in total. The molecule has 2 rings (SSSR count). The number of methoxy groups -OCH3 is 1. The number of nitrogens with one attached hydrogen (secondary N) is 3. The topological polar surface area (TPSA) is 96.8 Å². The first-order chi connectivity index (χ1) is 13.0. The molecule has 0 atom stereocenters. The number of hydrogen-bond acceptors (Lipinski definition) is 4. The van der Waals surface area contributed by atoms with Crippen LogP contribution in [-0.2, 0) is 27.8 Å². The number of rotatable bonds is 10. The first-order valence-electron chi connectivity index (χ1n) is 8.68. The van der Waals surface area contributed by atoms with Gasteiger partial charge in [-0.25, -0.2) is 13.1 Å². The molecule has 2 aromatic rings. The van der Waals surface area contributed by atoms with Crippen molar-refractivity contribution >= 4 is 16.0 Å². The third-order valence-electron chi connectivity index (χ3n) is 3.84. The minimum atomic E-state index is -3.51. The van der Waals surface area contributed by atoms with Gasteiger partial charge in [0.05, 0.1) is 11.5 Å². The third-order valence-corrected chi connectivity index (χ3v) is 5.32. The molecule has 8 nitrogen and oxygen atoms in total. The average Bonchev–Trinajstić information content (AvgIpc) is 3.18. The molecule has 0 radical (unpaired) electrons. The second-order valence-electron chi connectivity index (χ2n) is 5.81. The van der Waals surface area contributed by atoms with Crippen LogP contribution in [0, 0.1) is 0 Å². The van der Waals surface area contributed by atoms with Crippen LogP contribution in [0.2, 0.25) is 0 Å². The molecule has 0 fully saturated rings. The Morgan fingerprint density at radius 2 is 1.81 bits per heavy atom. The maximum atomic E-state index is 12.1. The van der Waals surface area contributed by atoms with Crippen LogP contribution in [-0.4, -0.2) is 52.8 Å². The van der Waals surface area contributed by atoms with Gasteiger partial charge in [0.1, 0.15) is 0 Å². The van der Waals surface area contributed by atoms with Crippen LogP contribution in [0.5, 0.6) is 0 Å². The van der Waals surface area contributed by atoms with Gasteiger partial charge < -0.3 is 19.9 Å². The molecule has 27 heavy (non-hydrogen) atoms. The zero-order valence-corrected chi connectivity index (χ0v) is 16.5. The zero-order valence-electron chi connectivity index (χ0n) is 15.7. The van der Waals surface area contributed by atoms with Crippen molar-refractivity contribution in [3.8, 4) is 0 Å². The van der Waals surface area contributed by atoms with Gasteiger partial charge in [-0.05, 0) is 29.8 Å². The van der Waals surface area contributed by atoms with E-state index in [9.17, 15) is 8.42 Å². The van der Waals surface area contributed by atoms with E-state index in [2.05, 4.69) is 24.9 Å². The van der Waals surface area contributed by atoms with Crippen molar-refractivity contribution < 1.29 is 13.2 Å². The lowest BCUT2D eigenvalue weighted by molar-refractivity contribution is 0.204. The van der Waals surface area contributed by atoms with Gasteiger partial charge in [0.25, 0.3) is 0 Å². The summed E-state index contributed by atoms with van der Waals surface area (Å²) in [7, 11) is -0.266. The van der Waals surface area contributed by atoms with Crippen LogP contribution in [0.15, 0.2) is 58.7 Å². The summed E-state index contributed by atoms with van der Waals surface area (Å²) in [4.78, 5) is 4.42. The Morgan fingerprint density at radius 3 is 2.44 bits per heavy atom. The summed E-state index contributed by atoms with van der Waals surface area (Å²) in [6.45, 7) is 2.71. The maximum absolute atomic E-state index is 12.1. The second-order valence-corrected chi connectivity index (χ2v) is 7.57. The van der Waals surface area contributed by atoms with Gasteiger partial charge in [0.15, 0.2) is 5.96 Å². The second kappa shape index (κ2) is 10.7. The van der Waals surface area contributed by atoms with Crippen molar-refractivity contribution in [1.82, 2.24) is 19.9 Å². The highest BCUT2D eigenvalue weighted by Gasteiger charge is 2.12. The normalized spacial score (nSPS) is 12.1. The number of benzene rings is 1. The van der Waals surface area contributed by atoms with Crippen LogP contribution in [0.4, 0.5) is 0 Å². The van der Waals surface area contributed by atoms with Gasteiger partial charge in [-0.1, -0.05) is 12.1 Å². The van der Waals surface area contributed by atoms with Gasteiger partial charge in [0.2, 0.25) is 10.0 Å². The summed E-state index contributed by atoms with van der Waals surface area (Å²) in [5, 5.41) is 6.46. The Balaban J connectivity index is 1.80. The maximum Gasteiger partial charge on any atom is 0.240 e. The number of ether oxygens (including phenoxy) is 1. The highest BCUT2D eigenvalue weighted by atomic mass is 32.2. The summed E-state index contributed by atoms with van der Waals surface area (Å²) in [6.07, 6.45) is 4.02. The van der Waals surface area contributed by atoms with Crippen LogP contribution >= 0.6 is 0 Å². The molecule has 1 aromatic carbocycles. The molecule has 0 amide bonds. The lowest BCUT2D eigenvalue weighted by Crippen LogP contribution is -2.38. The Hall–Kier alpha value is -2.36. The van der Waals surface area contributed by atoms with Gasteiger partial charge in [0, 0.05) is 52.7 Å².